The summed E-state index contributed by atoms with van der Waals surface area (Å²) in [5.74, 6) is -2.75. The number of nitrogens with one attached hydrogen (secondary N) is 2. The second kappa shape index (κ2) is 10.2. The number of benzene rings is 3. The Morgan fingerprint density at radius 1 is 0.811 bits per heavy atom. The quantitative estimate of drug-likeness (QED) is 0.378. The van der Waals surface area contributed by atoms with Gasteiger partial charge in [-0.25, -0.2) is 22.9 Å². The first kappa shape index (κ1) is 24.2. The third-order valence-corrected chi connectivity index (χ3v) is 5.72. The molecule has 37 heavy (non-hydrogen) atoms. The lowest BCUT2D eigenvalue weighted by Gasteiger charge is -2.27. The van der Waals surface area contributed by atoms with Crippen LogP contribution in [0.3, 0.4) is 0 Å². The number of hydrogen-bond acceptors (Lipinski definition) is 6. The average Bonchev–Trinajstić information content (AvgIpc) is 2.90. The minimum Gasteiger partial charge on any atom is -0.378 e. The molecule has 188 valence electrons. The molecule has 1 aromatic heterocycles. The monoisotopic (exact) mass is 507 g/mol. The Hall–Kier alpha value is -4.51. The highest BCUT2D eigenvalue weighted by Crippen LogP contribution is 2.22. The number of fused-ring (bicyclic) bond motifs is 1. The number of aromatic nitrogens is 2. The van der Waals surface area contributed by atoms with Gasteiger partial charge in [-0.15, -0.1) is 0 Å². The number of rotatable bonds is 5. The van der Waals surface area contributed by atoms with Crippen molar-refractivity contribution in [2.24, 2.45) is 0 Å². The van der Waals surface area contributed by atoms with Crippen LogP contribution in [0.1, 0.15) is 15.9 Å². The zero-order valence-electron chi connectivity index (χ0n) is 19.3. The molecule has 2 N–H and O–H groups in total. The standard InChI is InChI=1S/C26H20F3N5O3/c27-17-9-16(10-19(12-17)32-26(36)31-18-2-3-20(28)21(29)13-18)25(35)15-1-4-22-23(11-15)33-24(14-30-22)34-5-7-37-8-6-34/h1-4,9-14H,5-8H2,(H2,31,32,36). The third kappa shape index (κ3) is 5.51. The highest BCUT2D eigenvalue weighted by Gasteiger charge is 2.17. The molecule has 0 spiro atoms. The first-order valence-corrected chi connectivity index (χ1v) is 11.3. The largest absolute Gasteiger partial charge is 0.378 e. The van der Waals surface area contributed by atoms with Crippen molar-refractivity contribution < 1.29 is 27.5 Å². The number of nitrogens with zero attached hydrogens (tertiary/aromatic N) is 3. The van der Waals surface area contributed by atoms with E-state index >= 15 is 0 Å². The van der Waals surface area contributed by atoms with Crippen LogP contribution in [-0.2, 0) is 4.74 Å². The molecule has 0 atom stereocenters. The molecule has 1 aliphatic heterocycles. The van der Waals surface area contributed by atoms with Crippen molar-refractivity contribution in [2.45, 2.75) is 0 Å². The first-order chi connectivity index (χ1) is 17.9. The molecule has 3 aromatic carbocycles. The highest BCUT2D eigenvalue weighted by atomic mass is 19.2. The van der Waals surface area contributed by atoms with Gasteiger partial charge in [0.15, 0.2) is 17.4 Å². The number of morpholine rings is 1. The summed E-state index contributed by atoms with van der Waals surface area (Å²) in [5, 5.41) is 4.71. The van der Waals surface area contributed by atoms with Crippen molar-refractivity contribution in [3.8, 4) is 0 Å². The van der Waals surface area contributed by atoms with Crippen molar-refractivity contribution in [3.63, 3.8) is 0 Å². The molecule has 5 rings (SSSR count). The van der Waals surface area contributed by atoms with E-state index in [0.717, 1.165) is 24.3 Å². The van der Waals surface area contributed by atoms with E-state index in [1.54, 1.807) is 24.4 Å². The number of anilines is 3. The molecule has 8 nitrogen and oxygen atoms in total. The second-order valence-electron chi connectivity index (χ2n) is 8.30. The molecule has 0 unspecified atom stereocenters. The molecule has 0 bridgehead atoms. The van der Waals surface area contributed by atoms with E-state index in [4.69, 9.17) is 4.74 Å². The number of carbonyl (C=O) groups excluding carboxylic acids is 2. The maximum Gasteiger partial charge on any atom is 0.323 e. The van der Waals surface area contributed by atoms with Crippen LogP contribution in [-0.4, -0.2) is 48.1 Å². The number of ether oxygens (including phenoxy) is 1. The Morgan fingerprint density at radius 2 is 1.59 bits per heavy atom. The summed E-state index contributed by atoms with van der Waals surface area (Å²) in [6.45, 7) is 2.54. The molecule has 4 aromatic rings. The summed E-state index contributed by atoms with van der Waals surface area (Å²) in [4.78, 5) is 36.5. The molecule has 0 saturated carbocycles. The number of urea groups is 1. The van der Waals surface area contributed by atoms with E-state index < -0.39 is 29.3 Å². The summed E-state index contributed by atoms with van der Waals surface area (Å²) in [6.07, 6.45) is 1.67. The lowest BCUT2D eigenvalue weighted by Crippen LogP contribution is -2.36. The van der Waals surface area contributed by atoms with E-state index in [0.29, 0.717) is 43.2 Å². The van der Waals surface area contributed by atoms with E-state index in [1.807, 2.05) is 4.90 Å². The summed E-state index contributed by atoms with van der Waals surface area (Å²) in [6, 6.07) is 10.2. The molecule has 2 heterocycles. The van der Waals surface area contributed by atoms with E-state index in [1.165, 1.54) is 12.1 Å². The molecular weight excluding hydrogens is 487 g/mol. The van der Waals surface area contributed by atoms with E-state index in [2.05, 4.69) is 20.6 Å². The van der Waals surface area contributed by atoms with Gasteiger partial charge in [-0.2, -0.15) is 0 Å². The van der Waals surface area contributed by atoms with Crippen LogP contribution in [0.15, 0.2) is 60.8 Å². The lowest BCUT2D eigenvalue weighted by atomic mass is 10.0. The minimum atomic E-state index is -1.13. The second-order valence-corrected chi connectivity index (χ2v) is 8.30. The van der Waals surface area contributed by atoms with Crippen LogP contribution < -0.4 is 15.5 Å². The van der Waals surface area contributed by atoms with Crippen LogP contribution in [0, 0.1) is 17.5 Å². The zero-order valence-corrected chi connectivity index (χ0v) is 19.3. The van der Waals surface area contributed by atoms with Gasteiger partial charge in [-0.05, 0) is 48.5 Å². The van der Waals surface area contributed by atoms with Gasteiger partial charge in [0.1, 0.15) is 11.6 Å². The van der Waals surface area contributed by atoms with Crippen molar-refractivity contribution in [1.29, 1.82) is 0 Å². The zero-order chi connectivity index (χ0) is 25.9. The molecule has 1 fully saturated rings. The molecule has 0 aliphatic carbocycles. The van der Waals surface area contributed by atoms with Gasteiger partial charge >= 0.3 is 6.03 Å². The van der Waals surface area contributed by atoms with Crippen molar-refractivity contribution in [2.75, 3.05) is 41.8 Å². The Labute approximate surface area is 209 Å². The molecule has 0 radical (unpaired) electrons. The Bertz CT molecular complexity index is 1510. The first-order valence-electron chi connectivity index (χ1n) is 11.3. The minimum absolute atomic E-state index is 0.000213. The van der Waals surface area contributed by atoms with Gasteiger partial charge < -0.3 is 20.3 Å². The maximum absolute atomic E-state index is 14.3. The lowest BCUT2D eigenvalue weighted by molar-refractivity contribution is 0.103. The SMILES string of the molecule is O=C(Nc1cc(F)cc(C(=O)c2ccc3ncc(N4CCOCC4)nc3c2)c1)Nc1ccc(F)c(F)c1. The van der Waals surface area contributed by atoms with Gasteiger partial charge in [0.25, 0.3) is 0 Å². The number of halogens is 3. The number of amides is 2. The topological polar surface area (TPSA) is 96.5 Å². The fourth-order valence-electron chi connectivity index (χ4n) is 3.91. The smallest absolute Gasteiger partial charge is 0.323 e. The van der Waals surface area contributed by atoms with Crippen molar-refractivity contribution in [1.82, 2.24) is 9.97 Å². The third-order valence-electron chi connectivity index (χ3n) is 5.72. The molecule has 1 saturated heterocycles. The van der Waals surface area contributed by atoms with E-state index in [-0.39, 0.29) is 22.5 Å². The van der Waals surface area contributed by atoms with Crippen LogP contribution in [0.25, 0.3) is 11.0 Å². The highest BCUT2D eigenvalue weighted by molar-refractivity contribution is 6.11. The fourth-order valence-corrected chi connectivity index (χ4v) is 3.91. The maximum atomic E-state index is 14.3. The fraction of sp³-hybridized carbons (Fsp3) is 0.154. The van der Waals surface area contributed by atoms with Gasteiger partial charge in [0, 0.05) is 41.7 Å². The molecular formula is C26H20F3N5O3. The van der Waals surface area contributed by atoms with Crippen LogP contribution in [0.5, 0.6) is 0 Å². The summed E-state index contributed by atoms with van der Waals surface area (Å²) >= 11 is 0. The summed E-state index contributed by atoms with van der Waals surface area (Å²) in [7, 11) is 0. The molecule has 1 aliphatic rings. The Kier molecular flexibility index (Phi) is 6.69. The average molecular weight is 507 g/mol. The van der Waals surface area contributed by atoms with Gasteiger partial charge in [0.05, 0.1) is 30.4 Å². The predicted molar refractivity (Wildman–Crippen MR) is 131 cm³/mol. The molecule has 2 amide bonds. The predicted octanol–water partition coefficient (Wildman–Crippen LogP) is 4.76. The van der Waals surface area contributed by atoms with Gasteiger partial charge in [-0.1, -0.05) is 0 Å². The van der Waals surface area contributed by atoms with Crippen molar-refractivity contribution in [3.05, 3.63) is 89.4 Å². The Morgan fingerprint density at radius 3 is 2.38 bits per heavy atom. The van der Waals surface area contributed by atoms with Gasteiger partial charge in [0.2, 0.25) is 0 Å². The van der Waals surface area contributed by atoms with Crippen LogP contribution in [0.2, 0.25) is 0 Å². The van der Waals surface area contributed by atoms with Crippen LogP contribution in [0.4, 0.5) is 35.2 Å². The number of hydrogen-bond donors (Lipinski definition) is 2. The summed E-state index contributed by atoms with van der Waals surface area (Å²) in [5.41, 5.74) is 1.37. The number of carbonyl (C=O) groups is 2. The molecule has 11 heteroatoms. The normalized spacial score (nSPS) is 13.4. The summed E-state index contributed by atoms with van der Waals surface area (Å²) < 4.78 is 46.2. The van der Waals surface area contributed by atoms with Crippen LogP contribution >= 0.6 is 0 Å². The number of ketones is 1. The Balaban J connectivity index is 1.35. The van der Waals surface area contributed by atoms with Gasteiger partial charge in [-0.3, -0.25) is 9.78 Å². The van der Waals surface area contributed by atoms with Crippen molar-refractivity contribution >= 4 is 40.0 Å². The van der Waals surface area contributed by atoms with E-state index in [9.17, 15) is 22.8 Å².